The Hall–Kier alpha value is -3.89. The van der Waals surface area contributed by atoms with Crippen LogP contribution >= 0.6 is 0 Å². The standard InChI is InChI=1S/C22H34N6O10/c29-16(25-6-7-26-17(30)5-10-28-18(31)3-4-19(28)32)2-1-15(22(37)38)24-9-12-27(14-21(35)36)11-8-23-13-20(33)34/h3-4,15,23-24H,1-2,5-14H2,(H,25,29)(H,26,30)(H,33,34)(H,35,36)(H,37,38). The van der Waals surface area contributed by atoms with E-state index < -0.39 is 47.6 Å². The molecule has 0 fully saturated rings. The molecule has 16 heteroatoms. The number of carbonyl (C=O) groups excluding carboxylic acids is 4. The van der Waals surface area contributed by atoms with Crippen LogP contribution in [0.5, 0.6) is 0 Å². The molecule has 0 aliphatic carbocycles. The molecule has 1 aliphatic heterocycles. The molecule has 212 valence electrons. The van der Waals surface area contributed by atoms with Gasteiger partial charge in [-0.25, -0.2) is 0 Å². The second-order valence-electron chi connectivity index (χ2n) is 8.24. The monoisotopic (exact) mass is 542 g/mol. The Morgan fingerprint density at radius 2 is 1.39 bits per heavy atom. The molecule has 1 heterocycles. The van der Waals surface area contributed by atoms with Crippen molar-refractivity contribution in [1.29, 1.82) is 0 Å². The van der Waals surface area contributed by atoms with Gasteiger partial charge in [-0.1, -0.05) is 0 Å². The highest BCUT2D eigenvalue weighted by molar-refractivity contribution is 6.13. The van der Waals surface area contributed by atoms with Crippen molar-refractivity contribution >= 4 is 41.5 Å². The molecule has 0 saturated carbocycles. The zero-order valence-corrected chi connectivity index (χ0v) is 20.8. The summed E-state index contributed by atoms with van der Waals surface area (Å²) in [5, 5.41) is 37.5. The number of rotatable bonds is 21. The zero-order chi connectivity index (χ0) is 28.5. The van der Waals surface area contributed by atoms with Crippen LogP contribution < -0.4 is 21.3 Å². The summed E-state index contributed by atoms with van der Waals surface area (Å²) in [7, 11) is 0. The third kappa shape index (κ3) is 14.0. The largest absolute Gasteiger partial charge is 0.480 e. The van der Waals surface area contributed by atoms with Gasteiger partial charge in [-0.3, -0.25) is 43.4 Å². The second kappa shape index (κ2) is 17.5. The molecule has 0 aromatic rings. The smallest absolute Gasteiger partial charge is 0.320 e. The minimum atomic E-state index is -1.18. The van der Waals surface area contributed by atoms with Gasteiger partial charge in [0.25, 0.3) is 11.8 Å². The average molecular weight is 543 g/mol. The van der Waals surface area contributed by atoms with E-state index in [2.05, 4.69) is 21.3 Å². The fourth-order valence-electron chi connectivity index (χ4n) is 3.32. The van der Waals surface area contributed by atoms with Crippen molar-refractivity contribution in [2.75, 3.05) is 58.9 Å². The molecule has 1 aliphatic rings. The number of imide groups is 1. The predicted octanol–water partition coefficient (Wildman–Crippen LogP) is -3.58. The number of hydrogen-bond donors (Lipinski definition) is 7. The lowest BCUT2D eigenvalue weighted by Gasteiger charge is -2.22. The first-order chi connectivity index (χ1) is 18.0. The van der Waals surface area contributed by atoms with Crippen molar-refractivity contribution in [3.8, 4) is 0 Å². The number of hydrogen-bond acceptors (Lipinski definition) is 10. The molecule has 7 N–H and O–H groups in total. The van der Waals surface area contributed by atoms with Gasteiger partial charge in [-0.15, -0.1) is 0 Å². The van der Waals surface area contributed by atoms with Gasteiger partial charge < -0.3 is 36.6 Å². The maximum absolute atomic E-state index is 12.0. The van der Waals surface area contributed by atoms with E-state index in [4.69, 9.17) is 10.2 Å². The molecular weight excluding hydrogens is 508 g/mol. The van der Waals surface area contributed by atoms with E-state index in [0.717, 1.165) is 17.1 Å². The summed E-state index contributed by atoms with van der Waals surface area (Å²) in [6.07, 6.45) is 2.03. The van der Waals surface area contributed by atoms with Crippen LogP contribution in [0.2, 0.25) is 0 Å². The highest BCUT2D eigenvalue weighted by Gasteiger charge is 2.23. The fourth-order valence-corrected chi connectivity index (χ4v) is 3.32. The summed E-state index contributed by atoms with van der Waals surface area (Å²) in [4.78, 5) is 82.2. The van der Waals surface area contributed by atoms with Gasteiger partial charge in [0.1, 0.15) is 6.04 Å². The number of amides is 4. The Morgan fingerprint density at radius 1 is 0.816 bits per heavy atom. The minimum Gasteiger partial charge on any atom is -0.480 e. The first-order valence-electron chi connectivity index (χ1n) is 11.9. The number of carbonyl (C=O) groups is 7. The van der Waals surface area contributed by atoms with Crippen LogP contribution in [0, 0.1) is 0 Å². The summed E-state index contributed by atoms with van der Waals surface area (Å²) in [6.45, 7) is 0.359. The molecule has 1 unspecified atom stereocenters. The Morgan fingerprint density at radius 3 is 1.95 bits per heavy atom. The fraction of sp³-hybridized carbons (Fsp3) is 0.591. The van der Waals surface area contributed by atoms with Crippen molar-refractivity contribution in [1.82, 2.24) is 31.1 Å². The Labute approximate surface area is 218 Å². The molecule has 16 nitrogen and oxygen atoms in total. The molecular formula is C22H34N6O10. The second-order valence-corrected chi connectivity index (χ2v) is 8.24. The van der Waals surface area contributed by atoms with Gasteiger partial charge in [-0.2, -0.15) is 0 Å². The number of carboxylic acids is 3. The molecule has 4 amide bonds. The molecule has 0 aromatic heterocycles. The number of nitrogens with zero attached hydrogens (tertiary/aromatic N) is 2. The van der Waals surface area contributed by atoms with Crippen molar-refractivity contribution in [2.24, 2.45) is 0 Å². The van der Waals surface area contributed by atoms with Gasteiger partial charge >= 0.3 is 17.9 Å². The summed E-state index contributed by atoms with van der Waals surface area (Å²) in [5.41, 5.74) is 0. The number of aliphatic carboxylic acids is 3. The molecule has 38 heavy (non-hydrogen) atoms. The van der Waals surface area contributed by atoms with Crippen LogP contribution in [-0.2, 0) is 33.6 Å². The van der Waals surface area contributed by atoms with Crippen molar-refractivity contribution in [3.05, 3.63) is 12.2 Å². The Kier molecular flexibility index (Phi) is 14.8. The lowest BCUT2D eigenvalue weighted by Crippen LogP contribution is -2.44. The van der Waals surface area contributed by atoms with E-state index in [-0.39, 0.29) is 78.2 Å². The van der Waals surface area contributed by atoms with Gasteiger partial charge in [0, 0.05) is 70.8 Å². The highest BCUT2D eigenvalue weighted by Crippen LogP contribution is 2.04. The van der Waals surface area contributed by atoms with Gasteiger partial charge in [0.2, 0.25) is 11.8 Å². The maximum Gasteiger partial charge on any atom is 0.320 e. The normalized spacial score (nSPS) is 13.6. The third-order valence-electron chi connectivity index (χ3n) is 5.25. The van der Waals surface area contributed by atoms with E-state index >= 15 is 0 Å². The van der Waals surface area contributed by atoms with E-state index in [1.807, 2.05) is 0 Å². The summed E-state index contributed by atoms with van der Waals surface area (Å²) in [6, 6.07) is -1.05. The minimum absolute atomic E-state index is 0.0292. The summed E-state index contributed by atoms with van der Waals surface area (Å²) in [5.74, 6) is -5.10. The first kappa shape index (κ1) is 32.1. The van der Waals surface area contributed by atoms with Crippen LogP contribution in [0.25, 0.3) is 0 Å². The average Bonchev–Trinajstić information content (AvgIpc) is 3.16. The van der Waals surface area contributed by atoms with Crippen molar-refractivity contribution in [3.63, 3.8) is 0 Å². The highest BCUT2D eigenvalue weighted by atomic mass is 16.4. The van der Waals surface area contributed by atoms with Crippen LogP contribution in [0.3, 0.4) is 0 Å². The van der Waals surface area contributed by atoms with Crippen LogP contribution in [0.15, 0.2) is 12.2 Å². The van der Waals surface area contributed by atoms with Crippen LogP contribution in [0.4, 0.5) is 0 Å². The molecule has 1 atom stereocenters. The summed E-state index contributed by atoms with van der Waals surface area (Å²) >= 11 is 0. The molecule has 0 radical (unpaired) electrons. The van der Waals surface area contributed by atoms with Crippen LogP contribution in [-0.4, -0.2) is 132 Å². The van der Waals surface area contributed by atoms with Crippen molar-refractivity contribution in [2.45, 2.75) is 25.3 Å². The third-order valence-corrected chi connectivity index (χ3v) is 5.25. The number of carboxylic acid groups (broad SMARTS) is 3. The van der Waals surface area contributed by atoms with Gasteiger partial charge in [0.15, 0.2) is 0 Å². The molecule has 0 bridgehead atoms. The molecule has 0 saturated heterocycles. The Bertz CT molecular complexity index is 891. The van der Waals surface area contributed by atoms with E-state index in [0.29, 0.717) is 0 Å². The topological polar surface area (TPSA) is 235 Å². The van der Waals surface area contributed by atoms with E-state index in [1.54, 1.807) is 0 Å². The van der Waals surface area contributed by atoms with Gasteiger partial charge in [-0.05, 0) is 6.42 Å². The van der Waals surface area contributed by atoms with Crippen LogP contribution in [0.1, 0.15) is 19.3 Å². The lowest BCUT2D eigenvalue weighted by molar-refractivity contribution is -0.141. The first-order valence-corrected chi connectivity index (χ1v) is 11.9. The SMILES string of the molecule is O=C(O)CNCCN(CCNC(CCC(=O)NCCNC(=O)CCN1C(=O)C=CC1=O)C(=O)O)CC(=O)O. The molecule has 0 aromatic carbocycles. The van der Waals surface area contributed by atoms with Gasteiger partial charge in [0.05, 0.1) is 13.1 Å². The predicted molar refractivity (Wildman–Crippen MR) is 130 cm³/mol. The Balaban J connectivity index is 2.26. The maximum atomic E-state index is 12.0. The molecule has 0 spiro atoms. The van der Waals surface area contributed by atoms with Crippen molar-refractivity contribution < 1.29 is 48.9 Å². The lowest BCUT2D eigenvalue weighted by atomic mass is 10.1. The zero-order valence-electron chi connectivity index (χ0n) is 20.8. The number of nitrogens with one attached hydrogen (secondary N) is 4. The van der Waals surface area contributed by atoms with E-state index in [1.165, 1.54) is 4.90 Å². The molecule has 1 rings (SSSR count). The quantitative estimate of drug-likeness (QED) is 0.0549. The van der Waals surface area contributed by atoms with E-state index in [9.17, 15) is 38.7 Å². The summed E-state index contributed by atoms with van der Waals surface area (Å²) < 4.78 is 0.